The average molecular weight is 567 g/mol. The first-order valence-corrected chi connectivity index (χ1v) is 12.7. The molecular weight excluding hydrogens is 542 g/mol. The zero-order valence-electron chi connectivity index (χ0n) is 21.7. The first kappa shape index (κ1) is 27.1. The lowest BCUT2D eigenvalue weighted by Gasteiger charge is -2.20. The van der Waals surface area contributed by atoms with Gasteiger partial charge in [-0.15, -0.1) is 0 Å². The second-order valence-electron chi connectivity index (χ2n) is 9.19. The summed E-state index contributed by atoms with van der Waals surface area (Å²) in [6, 6.07) is 12.6. The Hall–Kier alpha value is -4.44. The van der Waals surface area contributed by atoms with Crippen molar-refractivity contribution in [2.24, 2.45) is 0 Å². The number of para-hydroxylation sites is 1. The highest BCUT2D eigenvalue weighted by Crippen LogP contribution is 2.34. The zero-order valence-corrected chi connectivity index (χ0v) is 22.5. The third-order valence-corrected chi connectivity index (χ3v) is 7.04. The molecule has 1 atom stereocenters. The summed E-state index contributed by atoms with van der Waals surface area (Å²) in [4.78, 5) is 24.3. The lowest BCUT2D eigenvalue weighted by atomic mass is 10.0. The molecule has 2 aromatic carbocycles. The summed E-state index contributed by atoms with van der Waals surface area (Å²) >= 11 is 6.26. The van der Waals surface area contributed by atoms with Crippen molar-refractivity contribution in [2.45, 2.75) is 12.3 Å². The Morgan fingerprint density at radius 2 is 1.82 bits per heavy atom. The van der Waals surface area contributed by atoms with Crippen molar-refractivity contribution in [3.05, 3.63) is 98.0 Å². The van der Waals surface area contributed by atoms with E-state index in [9.17, 15) is 18.7 Å². The van der Waals surface area contributed by atoms with Gasteiger partial charge in [0, 0.05) is 35.7 Å². The largest absolute Gasteiger partial charge is 0.494 e. The van der Waals surface area contributed by atoms with Crippen LogP contribution in [0.5, 0.6) is 11.5 Å². The van der Waals surface area contributed by atoms with E-state index < -0.39 is 23.1 Å². The zero-order chi connectivity index (χ0) is 28.6. The molecule has 11 heteroatoms. The Labute approximate surface area is 233 Å². The summed E-state index contributed by atoms with van der Waals surface area (Å²) in [5.74, 6) is -1.47. The quantitative estimate of drug-likeness (QED) is 0.380. The van der Waals surface area contributed by atoms with Gasteiger partial charge in [0.15, 0.2) is 0 Å². The van der Waals surface area contributed by atoms with Crippen molar-refractivity contribution in [1.29, 1.82) is 0 Å². The number of methoxy groups -OCH3 is 2. The molecule has 1 fully saturated rings. The van der Waals surface area contributed by atoms with E-state index in [1.165, 1.54) is 23.7 Å². The number of likely N-dealkylation sites (tertiary alicyclic amines) is 1. The van der Waals surface area contributed by atoms with Crippen LogP contribution in [0, 0.1) is 11.6 Å². The smallest absolute Gasteiger partial charge is 0.271 e. The van der Waals surface area contributed by atoms with E-state index in [4.69, 9.17) is 21.1 Å². The van der Waals surface area contributed by atoms with Crippen molar-refractivity contribution < 1.29 is 23.4 Å². The summed E-state index contributed by atoms with van der Waals surface area (Å²) in [7, 11) is 2.92. The minimum atomic E-state index is -0.773. The Morgan fingerprint density at radius 3 is 2.48 bits per heavy atom. The lowest BCUT2D eigenvalue weighted by Crippen LogP contribution is -2.50. The summed E-state index contributed by atoms with van der Waals surface area (Å²) in [5, 5.41) is 11.7. The summed E-state index contributed by atoms with van der Waals surface area (Å²) in [5.41, 5.74) is 0.250. The number of halogens is 3. The van der Waals surface area contributed by atoms with Gasteiger partial charge >= 0.3 is 0 Å². The second kappa shape index (κ2) is 11.0. The lowest BCUT2D eigenvalue weighted by molar-refractivity contribution is 0.321. The Bertz CT molecular complexity index is 1760. The van der Waals surface area contributed by atoms with Crippen molar-refractivity contribution in [1.82, 2.24) is 19.4 Å². The first-order valence-electron chi connectivity index (χ1n) is 12.3. The Morgan fingerprint density at radius 1 is 1.12 bits per heavy atom. The van der Waals surface area contributed by atoms with Crippen molar-refractivity contribution in [2.75, 3.05) is 27.3 Å². The fraction of sp³-hybridized carbons (Fsp3) is 0.207. The van der Waals surface area contributed by atoms with E-state index in [2.05, 4.69) is 16.5 Å². The minimum absolute atomic E-state index is 0.0251. The molecule has 206 valence electrons. The van der Waals surface area contributed by atoms with Crippen LogP contribution in [0.1, 0.15) is 18.0 Å². The fourth-order valence-electron chi connectivity index (χ4n) is 4.93. The first-order chi connectivity index (χ1) is 19.2. The summed E-state index contributed by atoms with van der Waals surface area (Å²) < 4.78 is 40.2. The summed E-state index contributed by atoms with van der Waals surface area (Å²) in [6.07, 6.45) is 1.38. The molecule has 0 bridgehead atoms. The van der Waals surface area contributed by atoms with Gasteiger partial charge < -0.3 is 19.5 Å². The highest BCUT2D eigenvalue weighted by Gasteiger charge is 2.30. The molecule has 0 amide bonds. The van der Waals surface area contributed by atoms with Gasteiger partial charge in [-0.1, -0.05) is 36.4 Å². The highest BCUT2D eigenvalue weighted by molar-refractivity contribution is 6.30. The number of hydrogen-bond acceptors (Lipinski definition) is 7. The molecule has 1 aliphatic rings. The molecule has 0 radical (unpaired) electrons. The predicted octanol–water partition coefficient (Wildman–Crippen LogP) is 3.77. The number of ether oxygens (including phenoxy) is 2. The van der Waals surface area contributed by atoms with Gasteiger partial charge in [0.2, 0.25) is 5.88 Å². The standard InChI is InChI=1S/C29H25ClF2N4O4/c1-16-24(28(37)35-11-10-18(15-35)25-21(32)13-20(31)14-33-25)29(38)36(26-22(39-2)8-5-9-23(26)40-3)27(34-16)17-6-4-7-19(30)12-17/h4-9,12-14,18,37H,1,10-11,15H2,2-3H3. The molecule has 1 unspecified atom stereocenters. The topological polar surface area (TPSA) is 89.7 Å². The van der Waals surface area contributed by atoms with E-state index in [1.807, 2.05) is 0 Å². The summed E-state index contributed by atoms with van der Waals surface area (Å²) in [6.45, 7) is 4.40. The normalized spacial score (nSPS) is 15.7. The van der Waals surface area contributed by atoms with Gasteiger partial charge in [-0.3, -0.25) is 14.3 Å². The van der Waals surface area contributed by atoms with Gasteiger partial charge in [-0.25, -0.2) is 13.8 Å². The number of nitrogens with zero attached hydrogens (tertiary/aromatic N) is 4. The monoisotopic (exact) mass is 566 g/mol. The Balaban J connectivity index is 1.74. The molecule has 5 rings (SSSR count). The maximum Gasteiger partial charge on any atom is 0.271 e. The average Bonchev–Trinajstić information content (AvgIpc) is 3.42. The molecule has 0 aliphatic carbocycles. The third kappa shape index (κ3) is 4.86. The maximum atomic E-state index is 14.4. The van der Waals surface area contributed by atoms with Crippen LogP contribution >= 0.6 is 11.6 Å². The van der Waals surface area contributed by atoms with Crippen LogP contribution in [0.25, 0.3) is 29.5 Å². The fourth-order valence-corrected chi connectivity index (χ4v) is 5.12. The van der Waals surface area contributed by atoms with E-state index >= 15 is 0 Å². The van der Waals surface area contributed by atoms with E-state index in [1.54, 1.807) is 42.5 Å². The molecule has 40 heavy (non-hydrogen) atoms. The minimum Gasteiger partial charge on any atom is -0.494 e. The number of hydrogen-bond donors (Lipinski definition) is 1. The van der Waals surface area contributed by atoms with Gasteiger partial charge in [0.25, 0.3) is 5.56 Å². The van der Waals surface area contributed by atoms with E-state index in [0.29, 0.717) is 35.1 Å². The number of aliphatic hydroxyl groups excluding tert-OH is 1. The number of aliphatic hydroxyl groups is 1. The molecule has 1 aliphatic heterocycles. The molecule has 2 aromatic heterocycles. The molecule has 0 saturated carbocycles. The predicted molar refractivity (Wildman–Crippen MR) is 147 cm³/mol. The molecule has 4 aromatic rings. The van der Waals surface area contributed by atoms with Crippen LogP contribution in [-0.2, 0) is 0 Å². The van der Waals surface area contributed by atoms with Crippen LogP contribution < -0.4 is 25.6 Å². The highest BCUT2D eigenvalue weighted by atomic mass is 35.5. The van der Waals surface area contributed by atoms with Crippen LogP contribution in [0.2, 0.25) is 5.02 Å². The maximum absolute atomic E-state index is 14.4. The van der Waals surface area contributed by atoms with E-state index in [-0.39, 0.29) is 40.2 Å². The van der Waals surface area contributed by atoms with Gasteiger partial charge in [-0.2, -0.15) is 0 Å². The third-order valence-electron chi connectivity index (χ3n) is 6.80. The molecule has 1 N–H and O–H groups in total. The van der Waals surface area contributed by atoms with Crippen LogP contribution in [-0.4, -0.2) is 51.9 Å². The molecule has 1 saturated heterocycles. The van der Waals surface area contributed by atoms with Gasteiger partial charge in [-0.05, 0) is 30.7 Å². The number of rotatable bonds is 6. The van der Waals surface area contributed by atoms with Crippen LogP contribution in [0.15, 0.2) is 59.5 Å². The molecule has 8 nitrogen and oxygen atoms in total. The van der Waals surface area contributed by atoms with Gasteiger partial charge in [0.1, 0.15) is 39.9 Å². The second-order valence-corrected chi connectivity index (χ2v) is 9.63. The number of aromatic nitrogens is 3. The van der Waals surface area contributed by atoms with Crippen molar-refractivity contribution >= 4 is 24.1 Å². The molecular formula is C29H25ClF2N4O4. The molecule has 0 spiro atoms. The Kier molecular flexibility index (Phi) is 7.44. The van der Waals surface area contributed by atoms with E-state index in [0.717, 1.165) is 12.3 Å². The van der Waals surface area contributed by atoms with Crippen LogP contribution in [0.3, 0.4) is 0 Å². The van der Waals surface area contributed by atoms with Gasteiger partial charge in [0.05, 0.1) is 31.5 Å². The van der Waals surface area contributed by atoms with Crippen LogP contribution in [0.4, 0.5) is 8.78 Å². The molecule has 3 heterocycles. The van der Waals surface area contributed by atoms with Crippen molar-refractivity contribution in [3.8, 4) is 28.6 Å². The number of benzene rings is 2. The SMILES string of the molecule is C=c1nc(-c2cccc(Cl)c2)n(-c2c(OC)cccc2OC)c(=O)c1=C(O)N1CCC(c2ncc(F)cc2F)C1. The number of pyridine rings is 1. The van der Waals surface area contributed by atoms with Crippen molar-refractivity contribution in [3.63, 3.8) is 0 Å².